The number of fused-ring (bicyclic) bond motifs is 3. The molecule has 0 spiro atoms. The Labute approximate surface area is 158 Å². The first-order chi connectivity index (χ1) is 13.1. The number of nitrogen functional groups attached to an aromatic ring is 1. The Bertz CT molecular complexity index is 1050. The van der Waals surface area contributed by atoms with Crippen LogP contribution in [0, 0.1) is 10.1 Å². The van der Waals surface area contributed by atoms with Crippen LogP contribution in [0.1, 0.15) is 11.1 Å². The Morgan fingerprint density at radius 1 is 0.889 bits per heavy atom. The van der Waals surface area contributed by atoms with E-state index in [-0.39, 0.29) is 10.6 Å². The van der Waals surface area contributed by atoms with E-state index in [1.165, 1.54) is 0 Å². The lowest BCUT2D eigenvalue weighted by molar-refractivity contribution is -0.384. The van der Waals surface area contributed by atoms with Gasteiger partial charge in [-0.1, -0.05) is 17.5 Å². The zero-order valence-electron chi connectivity index (χ0n) is 14.8. The molecule has 0 bridgehead atoms. The molecule has 2 aromatic rings. The second-order valence-corrected chi connectivity index (χ2v) is 5.05. The fraction of sp³-hybridized carbons (Fsp3) is 0.0435. The molecule has 4 nitrogen and oxygen atoms in total. The molecule has 0 aliphatic heterocycles. The predicted molar refractivity (Wildman–Crippen MR) is 109 cm³/mol. The summed E-state index contributed by atoms with van der Waals surface area (Å²) >= 11 is 0. The van der Waals surface area contributed by atoms with Crippen molar-refractivity contribution in [1.82, 2.24) is 0 Å². The minimum absolute atomic E-state index is 0.143. The van der Waals surface area contributed by atoms with Gasteiger partial charge in [-0.3, -0.25) is 10.1 Å². The fourth-order valence-corrected chi connectivity index (χ4v) is 2.48. The smallest absolute Gasteiger partial charge is 0.269 e. The van der Waals surface area contributed by atoms with Crippen molar-refractivity contribution in [3.63, 3.8) is 0 Å². The Balaban J connectivity index is 0.000000312. The molecule has 2 aromatic carbocycles. The van der Waals surface area contributed by atoms with Gasteiger partial charge in [0, 0.05) is 17.8 Å². The Kier molecular flexibility index (Phi) is 8.20. The lowest BCUT2D eigenvalue weighted by Crippen LogP contribution is -1.89. The Morgan fingerprint density at radius 2 is 1.41 bits per heavy atom. The first-order valence-corrected chi connectivity index (χ1v) is 7.77. The first-order valence-electron chi connectivity index (χ1n) is 7.77. The van der Waals surface area contributed by atoms with Crippen molar-refractivity contribution in [2.45, 2.75) is 6.42 Å². The van der Waals surface area contributed by atoms with Gasteiger partial charge < -0.3 is 5.73 Å². The predicted octanol–water partition coefficient (Wildman–Crippen LogP) is 5.28. The highest BCUT2D eigenvalue weighted by atomic mass is 16.6. The van der Waals surface area contributed by atoms with Gasteiger partial charge in [0.25, 0.3) is 5.69 Å². The topological polar surface area (TPSA) is 69.2 Å². The van der Waals surface area contributed by atoms with E-state index >= 15 is 0 Å². The minimum Gasteiger partial charge on any atom is -0.399 e. The Morgan fingerprint density at radius 3 is 1.93 bits per heavy atom. The molecule has 0 heterocycles. The lowest BCUT2D eigenvalue weighted by Gasteiger charge is -2.01. The summed E-state index contributed by atoms with van der Waals surface area (Å²) < 4.78 is 0. The van der Waals surface area contributed by atoms with Crippen LogP contribution in [0.2, 0.25) is 0 Å². The molecule has 0 atom stereocenters. The van der Waals surface area contributed by atoms with Crippen LogP contribution in [0.15, 0.2) is 97.1 Å². The number of nitro benzene ring substituents is 1. The van der Waals surface area contributed by atoms with Gasteiger partial charge in [0.1, 0.15) is 0 Å². The van der Waals surface area contributed by atoms with Gasteiger partial charge in [-0.05, 0) is 83.0 Å². The molecule has 0 unspecified atom stereocenters. The van der Waals surface area contributed by atoms with Gasteiger partial charge in [-0.2, -0.15) is 0 Å². The molecule has 4 heteroatoms. The lowest BCUT2D eigenvalue weighted by atomic mass is 10.1. The van der Waals surface area contributed by atoms with E-state index in [9.17, 15) is 10.1 Å². The van der Waals surface area contributed by atoms with Crippen molar-refractivity contribution in [3.8, 4) is 11.1 Å². The molecule has 0 saturated heterocycles. The van der Waals surface area contributed by atoms with Gasteiger partial charge in [0.05, 0.1) is 4.92 Å². The minimum atomic E-state index is -0.363. The van der Waals surface area contributed by atoms with E-state index in [0.29, 0.717) is 0 Å². The third-order valence-electron chi connectivity index (χ3n) is 3.46. The van der Waals surface area contributed by atoms with E-state index < -0.39 is 0 Å². The van der Waals surface area contributed by atoms with Crippen LogP contribution in [-0.2, 0) is 6.42 Å². The summed E-state index contributed by atoms with van der Waals surface area (Å²) in [4.78, 5) is 10.3. The van der Waals surface area contributed by atoms with E-state index in [0.717, 1.165) is 34.4 Å². The van der Waals surface area contributed by atoms with Gasteiger partial charge >= 0.3 is 0 Å². The van der Waals surface area contributed by atoms with Crippen LogP contribution < -0.4 is 5.73 Å². The third kappa shape index (κ3) is 5.68. The van der Waals surface area contributed by atoms with Crippen LogP contribution in [0.4, 0.5) is 11.4 Å². The number of rotatable bonds is 1. The molecule has 3 rings (SSSR count). The van der Waals surface area contributed by atoms with E-state index in [2.05, 4.69) is 60.7 Å². The second-order valence-electron chi connectivity index (χ2n) is 5.05. The zero-order chi connectivity index (χ0) is 20.2. The number of non-ortho nitro benzene ring substituents is 1. The van der Waals surface area contributed by atoms with Crippen LogP contribution in [0.25, 0.3) is 11.1 Å². The van der Waals surface area contributed by atoms with Crippen molar-refractivity contribution in [1.29, 1.82) is 0 Å². The maximum absolute atomic E-state index is 10.7. The summed E-state index contributed by atoms with van der Waals surface area (Å²) in [7, 11) is 0. The zero-order valence-corrected chi connectivity index (χ0v) is 14.8. The SMILES string of the molecule is C=C.C=C=C=C=C=C=C=C.Nc1ccc2c(c1)Cc1cc([N+](=O)[O-])ccc1-2. The maximum Gasteiger partial charge on any atom is 0.269 e. The molecule has 0 saturated carbocycles. The summed E-state index contributed by atoms with van der Waals surface area (Å²) in [6, 6.07) is 10.8. The Hall–Kier alpha value is -4.20. The summed E-state index contributed by atoms with van der Waals surface area (Å²) in [5.41, 5.74) is 25.4. The highest BCUT2D eigenvalue weighted by molar-refractivity contribution is 5.79. The van der Waals surface area contributed by atoms with Crippen LogP contribution in [0.3, 0.4) is 0 Å². The molecule has 2 N–H and O–H groups in total. The molecule has 132 valence electrons. The summed E-state index contributed by atoms with van der Waals surface area (Å²) in [5.74, 6) is 0. The fourth-order valence-electron chi connectivity index (χ4n) is 2.48. The van der Waals surface area contributed by atoms with E-state index in [4.69, 9.17) is 5.73 Å². The number of benzene rings is 2. The molecule has 1 aliphatic rings. The summed E-state index contributed by atoms with van der Waals surface area (Å²) in [5, 5.41) is 10.7. The van der Waals surface area contributed by atoms with Gasteiger partial charge in [0.15, 0.2) is 0 Å². The average Bonchev–Trinajstić information content (AvgIpc) is 3.04. The first kappa shape index (κ1) is 20.8. The maximum atomic E-state index is 10.7. The molecular weight excluding hydrogens is 336 g/mol. The number of nitro groups is 1. The molecule has 0 amide bonds. The summed E-state index contributed by atoms with van der Waals surface area (Å²) in [6.45, 7) is 12.5. The number of nitrogens with zero attached hydrogens (tertiary/aromatic N) is 1. The monoisotopic (exact) mass is 354 g/mol. The normalized spacial score (nSPS) is 8.74. The molecular formula is C23H18N2O2. The molecule has 0 aromatic heterocycles. The highest BCUT2D eigenvalue weighted by Gasteiger charge is 2.20. The van der Waals surface area contributed by atoms with Crippen molar-refractivity contribution >= 4 is 11.4 Å². The van der Waals surface area contributed by atoms with Gasteiger partial charge in [-0.25, -0.2) is 0 Å². The van der Waals surface area contributed by atoms with E-state index in [1.807, 2.05) is 24.3 Å². The van der Waals surface area contributed by atoms with Crippen LogP contribution in [-0.4, -0.2) is 4.92 Å². The summed E-state index contributed by atoms with van der Waals surface area (Å²) in [6.07, 6.45) is 0.720. The van der Waals surface area contributed by atoms with E-state index in [1.54, 1.807) is 12.1 Å². The van der Waals surface area contributed by atoms with Crippen molar-refractivity contribution in [2.24, 2.45) is 0 Å². The molecule has 0 fully saturated rings. The number of hydrogen-bond donors (Lipinski definition) is 1. The van der Waals surface area contributed by atoms with Crippen LogP contribution in [0.5, 0.6) is 0 Å². The third-order valence-corrected chi connectivity index (χ3v) is 3.46. The van der Waals surface area contributed by atoms with Crippen molar-refractivity contribution in [2.75, 3.05) is 5.73 Å². The molecule has 0 radical (unpaired) electrons. The highest BCUT2D eigenvalue weighted by Crippen LogP contribution is 2.38. The average molecular weight is 354 g/mol. The van der Waals surface area contributed by atoms with Crippen LogP contribution >= 0.6 is 0 Å². The second kappa shape index (κ2) is 10.6. The van der Waals surface area contributed by atoms with Gasteiger partial charge in [0.2, 0.25) is 0 Å². The number of hydrogen-bond acceptors (Lipinski definition) is 3. The molecule has 1 aliphatic carbocycles. The van der Waals surface area contributed by atoms with Crippen molar-refractivity contribution < 1.29 is 4.92 Å². The largest absolute Gasteiger partial charge is 0.399 e. The number of anilines is 1. The number of nitrogens with two attached hydrogens (primary N) is 1. The molecule has 27 heavy (non-hydrogen) atoms. The van der Waals surface area contributed by atoms with Gasteiger partial charge in [-0.15, -0.1) is 13.2 Å². The quantitative estimate of drug-likeness (QED) is 0.212. The standard InChI is InChI=1S/C13H10N2O2.C8H4.C2H4/c14-10-1-3-12-8(6-10)5-9-7-11(15(16)17)2-4-13(9)12;1-3-5-7-8-6-4-2;1-2/h1-4,6-7H,5,14H2;1-2H2;1-2H2. The van der Waals surface area contributed by atoms with Crippen molar-refractivity contribution in [3.05, 3.63) is 118 Å².